The Morgan fingerprint density at radius 1 is 1.28 bits per heavy atom. The van der Waals surface area contributed by atoms with Gasteiger partial charge in [-0.15, -0.1) is 0 Å². The fraction of sp³-hybridized carbons (Fsp3) is 0.286. The van der Waals surface area contributed by atoms with E-state index in [0.717, 1.165) is 48.0 Å². The van der Waals surface area contributed by atoms with E-state index < -0.39 is 0 Å². The molecule has 2 heterocycles. The minimum absolute atomic E-state index is 0.744. The minimum atomic E-state index is 0.744. The maximum Gasteiger partial charge on any atom is 0.127 e. The quantitative estimate of drug-likeness (QED) is 0.920. The monoisotopic (exact) mass is 263 g/mol. The fourth-order valence-corrected chi connectivity index (χ4v) is 2.48. The van der Waals surface area contributed by atoms with Crippen LogP contribution in [0.25, 0.3) is 0 Å². The Hall–Kier alpha value is -1.45. The minimum Gasteiger partial charge on any atom is -0.493 e. The van der Waals surface area contributed by atoms with E-state index in [1.54, 1.807) is 12.5 Å². The summed E-state index contributed by atoms with van der Waals surface area (Å²) < 4.78 is 10.7. The molecule has 0 saturated heterocycles. The molecular weight excluding hydrogens is 250 g/mol. The van der Waals surface area contributed by atoms with Crippen LogP contribution < -0.4 is 10.1 Å². The third kappa shape index (κ3) is 2.37. The van der Waals surface area contributed by atoms with E-state index in [1.165, 1.54) is 5.56 Å². The maximum absolute atomic E-state index is 6.11. The molecule has 18 heavy (non-hydrogen) atoms. The summed E-state index contributed by atoms with van der Waals surface area (Å²) in [4.78, 5) is 0. The lowest BCUT2D eigenvalue weighted by Gasteiger charge is -2.09. The Kier molecular flexibility index (Phi) is 3.26. The number of halogens is 1. The van der Waals surface area contributed by atoms with Gasteiger partial charge in [0.25, 0.3) is 0 Å². The Balaban J connectivity index is 1.69. The molecule has 0 fully saturated rings. The molecular formula is C14H14ClNO2. The van der Waals surface area contributed by atoms with Crippen LogP contribution in [0, 0.1) is 0 Å². The first-order chi connectivity index (χ1) is 8.83. The first-order valence-corrected chi connectivity index (χ1v) is 6.36. The van der Waals surface area contributed by atoms with Gasteiger partial charge in [-0.2, -0.15) is 0 Å². The van der Waals surface area contributed by atoms with Gasteiger partial charge in [-0.3, -0.25) is 0 Å². The van der Waals surface area contributed by atoms with E-state index in [9.17, 15) is 0 Å². The molecule has 0 unspecified atom stereocenters. The smallest absolute Gasteiger partial charge is 0.127 e. The van der Waals surface area contributed by atoms with Crippen molar-refractivity contribution < 1.29 is 9.15 Å². The third-order valence-electron chi connectivity index (χ3n) is 3.05. The van der Waals surface area contributed by atoms with E-state index in [1.807, 2.05) is 18.2 Å². The lowest BCUT2D eigenvalue weighted by Crippen LogP contribution is -2.12. The van der Waals surface area contributed by atoms with Crippen LogP contribution in [0.5, 0.6) is 5.75 Å². The second kappa shape index (κ2) is 5.04. The first kappa shape index (κ1) is 11.6. The largest absolute Gasteiger partial charge is 0.493 e. The summed E-state index contributed by atoms with van der Waals surface area (Å²) in [6.07, 6.45) is 4.37. The van der Waals surface area contributed by atoms with Crippen molar-refractivity contribution in [2.75, 3.05) is 6.61 Å². The molecule has 94 valence electrons. The molecule has 0 spiro atoms. The van der Waals surface area contributed by atoms with Gasteiger partial charge in [-0.1, -0.05) is 11.6 Å². The van der Waals surface area contributed by atoms with Crippen LogP contribution in [0.3, 0.4) is 0 Å². The van der Waals surface area contributed by atoms with Gasteiger partial charge >= 0.3 is 0 Å². The lowest BCUT2D eigenvalue weighted by atomic mass is 10.1. The SMILES string of the molecule is Clc1cc2c(c(CNCc3ccoc3)c1)OCC2. The molecule has 1 N–H and O–H groups in total. The molecule has 0 atom stereocenters. The average Bonchev–Trinajstić information content (AvgIpc) is 2.98. The van der Waals surface area contributed by atoms with E-state index in [0.29, 0.717) is 0 Å². The van der Waals surface area contributed by atoms with Crippen LogP contribution in [0.2, 0.25) is 5.02 Å². The summed E-state index contributed by atoms with van der Waals surface area (Å²) in [6.45, 7) is 2.27. The van der Waals surface area contributed by atoms with Crippen molar-refractivity contribution >= 4 is 11.6 Å². The predicted octanol–water partition coefficient (Wildman–Crippen LogP) is 3.16. The highest BCUT2D eigenvalue weighted by Gasteiger charge is 2.17. The van der Waals surface area contributed by atoms with Crippen molar-refractivity contribution in [3.05, 3.63) is 52.4 Å². The van der Waals surface area contributed by atoms with Gasteiger partial charge in [-0.05, 0) is 23.8 Å². The predicted molar refractivity (Wildman–Crippen MR) is 69.9 cm³/mol. The molecule has 1 aromatic carbocycles. The highest BCUT2D eigenvalue weighted by atomic mass is 35.5. The van der Waals surface area contributed by atoms with Crippen LogP contribution >= 0.6 is 11.6 Å². The zero-order valence-electron chi connectivity index (χ0n) is 9.91. The highest BCUT2D eigenvalue weighted by Crippen LogP contribution is 2.32. The van der Waals surface area contributed by atoms with Gasteiger partial charge in [0, 0.05) is 35.7 Å². The van der Waals surface area contributed by atoms with Crippen LogP contribution in [-0.2, 0) is 19.5 Å². The highest BCUT2D eigenvalue weighted by molar-refractivity contribution is 6.30. The van der Waals surface area contributed by atoms with Crippen molar-refractivity contribution in [2.45, 2.75) is 19.5 Å². The molecule has 1 aliphatic rings. The standard InChI is InChI=1S/C14H14ClNO2/c15-13-5-11-2-4-18-14(11)12(6-13)8-16-7-10-1-3-17-9-10/h1,3,5-6,9,16H,2,4,7-8H2. The molecule has 3 rings (SSSR count). The zero-order chi connectivity index (χ0) is 12.4. The van der Waals surface area contributed by atoms with E-state index in [-0.39, 0.29) is 0 Å². The van der Waals surface area contributed by atoms with Crippen LogP contribution in [0.4, 0.5) is 0 Å². The zero-order valence-corrected chi connectivity index (χ0v) is 10.7. The van der Waals surface area contributed by atoms with E-state index >= 15 is 0 Å². The Morgan fingerprint density at radius 3 is 3.06 bits per heavy atom. The van der Waals surface area contributed by atoms with Crippen molar-refractivity contribution in [3.63, 3.8) is 0 Å². The summed E-state index contributed by atoms with van der Waals surface area (Å²) in [5, 5.41) is 4.14. The van der Waals surface area contributed by atoms with Crippen molar-refractivity contribution in [1.29, 1.82) is 0 Å². The Labute approximate surface area is 111 Å². The van der Waals surface area contributed by atoms with Crippen LogP contribution in [0.1, 0.15) is 16.7 Å². The summed E-state index contributed by atoms with van der Waals surface area (Å²) in [5.41, 5.74) is 3.47. The number of nitrogens with one attached hydrogen (secondary N) is 1. The molecule has 2 aromatic rings. The first-order valence-electron chi connectivity index (χ1n) is 5.99. The van der Waals surface area contributed by atoms with Crippen molar-refractivity contribution in [3.8, 4) is 5.75 Å². The number of hydrogen-bond acceptors (Lipinski definition) is 3. The summed E-state index contributed by atoms with van der Waals surface area (Å²) in [7, 11) is 0. The molecule has 0 aliphatic carbocycles. The van der Waals surface area contributed by atoms with Crippen molar-refractivity contribution in [1.82, 2.24) is 5.32 Å². The molecule has 0 radical (unpaired) electrons. The van der Waals surface area contributed by atoms with Gasteiger partial charge in [0.05, 0.1) is 19.1 Å². The fourth-order valence-electron chi connectivity index (χ4n) is 2.21. The van der Waals surface area contributed by atoms with E-state index in [4.69, 9.17) is 20.8 Å². The third-order valence-corrected chi connectivity index (χ3v) is 3.27. The molecule has 0 bridgehead atoms. The number of rotatable bonds is 4. The normalized spacial score (nSPS) is 13.4. The second-order valence-corrected chi connectivity index (χ2v) is 4.82. The number of ether oxygens (including phenoxy) is 1. The molecule has 1 aromatic heterocycles. The number of furan rings is 1. The van der Waals surface area contributed by atoms with Crippen molar-refractivity contribution in [2.24, 2.45) is 0 Å². The number of hydrogen-bond donors (Lipinski definition) is 1. The van der Waals surface area contributed by atoms with Crippen LogP contribution in [-0.4, -0.2) is 6.61 Å². The van der Waals surface area contributed by atoms with Crippen LogP contribution in [0.15, 0.2) is 35.1 Å². The lowest BCUT2D eigenvalue weighted by molar-refractivity contribution is 0.352. The van der Waals surface area contributed by atoms with Gasteiger partial charge in [-0.25, -0.2) is 0 Å². The Morgan fingerprint density at radius 2 is 2.22 bits per heavy atom. The summed E-state index contributed by atoms with van der Waals surface area (Å²) >= 11 is 6.11. The summed E-state index contributed by atoms with van der Waals surface area (Å²) in [5.74, 6) is 0.999. The molecule has 0 amide bonds. The Bertz CT molecular complexity index is 537. The topological polar surface area (TPSA) is 34.4 Å². The van der Waals surface area contributed by atoms with Gasteiger partial charge in [0.1, 0.15) is 5.75 Å². The van der Waals surface area contributed by atoms with Gasteiger partial charge in [0.2, 0.25) is 0 Å². The molecule has 3 nitrogen and oxygen atoms in total. The average molecular weight is 264 g/mol. The number of benzene rings is 1. The molecule has 0 saturated carbocycles. The second-order valence-electron chi connectivity index (χ2n) is 4.39. The van der Waals surface area contributed by atoms with Gasteiger partial charge < -0.3 is 14.5 Å². The molecule has 1 aliphatic heterocycles. The molecule has 4 heteroatoms. The van der Waals surface area contributed by atoms with E-state index in [2.05, 4.69) is 5.32 Å². The summed E-state index contributed by atoms with van der Waals surface area (Å²) in [6, 6.07) is 5.91. The maximum atomic E-state index is 6.11. The number of fused-ring (bicyclic) bond motifs is 1. The van der Waals surface area contributed by atoms with Gasteiger partial charge in [0.15, 0.2) is 0 Å².